The molecule has 9 heteroatoms. The van der Waals surface area contributed by atoms with Gasteiger partial charge in [0.15, 0.2) is 52.0 Å². The Morgan fingerprint density at radius 3 is 1.29 bits per heavy atom. The van der Waals surface area contributed by atoms with E-state index in [0.29, 0.717) is 17.5 Å². The number of anilines is 8. The fraction of sp³-hybridized carbons (Fsp3) is 0.0351. The monoisotopic (exact) mass is 852 g/mol. The molecule has 1 aliphatic carbocycles. The molecule has 13 rings (SSSR count). The van der Waals surface area contributed by atoms with Crippen LogP contribution in [0.2, 0.25) is 0 Å². The van der Waals surface area contributed by atoms with Gasteiger partial charge in [0.1, 0.15) is 5.69 Å². The highest BCUT2D eigenvalue weighted by Crippen LogP contribution is 2.52. The minimum Gasteiger partial charge on any atom is -0.453 e. The molecule has 0 spiro atoms. The molecule has 0 saturated carbocycles. The van der Waals surface area contributed by atoms with Crippen LogP contribution in [0.3, 0.4) is 0 Å². The first kappa shape index (κ1) is 37.4. The van der Waals surface area contributed by atoms with E-state index in [0.717, 1.165) is 115 Å². The molecule has 3 aliphatic heterocycles. The van der Waals surface area contributed by atoms with Gasteiger partial charge < -0.3 is 24.0 Å². The summed E-state index contributed by atoms with van der Waals surface area (Å²) >= 11 is 0. The normalized spacial score (nSPS) is 14.0. The molecule has 0 amide bonds. The molecule has 0 radical (unpaired) electrons. The van der Waals surface area contributed by atoms with Crippen LogP contribution >= 0.6 is 0 Å². The van der Waals surface area contributed by atoms with Crippen LogP contribution in [0, 0.1) is 12.1 Å². The summed E-state index contributed by atoms with van der Waals surface area (Å²) in [7, 11) is 0. The minimum absolute atomic E-state index is 0.580. The number of para-hydroxylation sites is 10. The van der Waals surface area contributed by atoms with Crippen molar-refractivity contribution in [3.63, 3.8) is 0 Å². The van der Waals surface area contributed by atoms with E-state index in [-0.39, 0.29) is 0 Å². The highest BCUT2D eigenvalue weighted by atomic mass is 16.5. The highest BCUT2D eigenvalue weighted by Gasteiger charge is 2.30. The molecule has 9 nitrogen and oxygen atoms in total. The molecule has 4 aliphatic rings. The Balaban J connectivity index is 0.897. The molecule has 8 aromatic carbocycles. The lowest BCUT2D eigenvalue weighted by atomic mass is 9.99. The number of benzene rings is 7. The maximum absolute atomic E-state index is 6.31. The van der Waals surface area contributed by atoms with Crippen molar-refractivity contribution in [2.45, 2.75) is 12.8 Å². The highest BCUT2D eigenvalue weighted by molar-refractivity contribution is 5.88. The van der Waals surface area contributed by atoms with E-state index in [2.05, 4.69) is 124 Å². The zero-order valence-corrected chi connectivity index (χ0v) is 35.3. The van der Waals surface area contributed by atoms with Gasteiger partial charge in [-0.05, 0) is 152 Å². The van der Waals surface area contributed by atoms with Crippen molar-refractivity contribution >= 4 is 51.1 Å². The van der Waals surface area contributed by atoms with Crippen LogP contribution in [0.4, 0.5) is 45.5 Å². The average molecular weight is 853 g/mol. The van der Waals surface area contributed by atoms with Crippen LogP contribution in [0.25, 0.3) is 28.3 Å². The Bertz CT molecular complexity index is 3140. The first-order valence-electron chi connectivity index (χ1n) is 21.9. The molecular weight excluding hydrogens is 817 g/mol. The summed E-state index contributed by atoms with van der Waals surface area (Å²) in [5.41, 5.74) is 11.5. The summed E-state index contributed by atoms with van der Waals surface area (Å²) in [4.78, 5) is 22.2. The Morgan fingerprint density at radius 1 is 0.379 bits per heavy atom. The number of ether oxygens (including phenoxy) is 3. The summed E-state index contributed by atoms with van der Waals surface area (Å²) in [6.07, 6.45) is 5.85. The average Bonchev–Trinajstić information content (AvgIpc) is 3.39. The molecule has 0 unspecified atom stereocenters. The van der Waals surface area contributed by atoms with E-state index in [1.54, 1.807) is 0 Å². The van der Waals surface area contributed by atoms with Crippen LogP contribution < -0.4 is 28.9 Å². The minimum atomic E-state index is 0.580. The number of hydrogen-bond acceptors (Lipinski definition) is 9. The zero-order chi connectivity index (χ0) is 43.6. The Hall–Kier alpha value is -9.13. The summed E-state index contributed by atoms with van der Waals surface area (Å²) in [6.45, 7) is 0. The predicted molar refractivity (Wildman–Crippen MR) is 258 cm³/mol. The molecule has 4 heterocycles. The topological polar surface area (TPSA) is 76.1 Å². The van der Waals surface area contributed by atoms with Crippen LogP contribution in [-0.2, 0) is 0 Å². The number of nitrogens with zero attached hydrogens (tertiary/aromatic N) is 6. The summed E-state index contributed by atoms with van der Waals surface area (Å²) in [5.74, 6) is 6.56. The fourth-order valence-electron chi connectivity index (χ4n) is 9.14. The van der Waals surface area contributed by atoms with Gasteiger partial charge in [0.2, 0.25) is 0 Å². The van der Waals surface area contributed by atoms with Gasteiger partial charge in [-0.3, -0.25) is 4.90 Å². The molecule has 312 valence electrons. The van der Waals surface area contributed by atoms with E-state index in [1.807, 2.05) is 97.1 Å². The van der Waals surface area contributed by atoms with Crippen molar-refractivity contribution in [3.05, 3.63) is 218 Å². The van der Waals surface area contributed by atoms with Crippen molar-refractivity contribution in [2.24, 2.45) is 0 Å². The van der Waals surface area contributed by atoms with Crippen molar-refractivity contribution < 1.29 is 14.2 Å². The van der Waals surface area contributed by atoms with Gasteiger partial charge >= 0.3 is 0 Å². The molecule has 66 heavy (non-hydrogen) atoms. The van der Waals surface area contributed by atoms with Gasteiger partial charge in [-0.25, -0.2) is 15.0 Å². The quantitative estimate of drug-likeness (QED) is 0.162. The summed E-state index contributed by atoms with van der Waals surface area (Å²) in [6, 6.07) is 67.4. The van der Waals surface area contributed by atoms with Gasteiger partial charge in [-0.2, -0.15) is 0 Å². The second-order valence-electron chi connectivity index (χ2n) is 16.2. The second kappa shape index (κ2) is 15.3. The lowest BCUT2D eigenvalue weighted by Crippen LogP contribution is -2.21. The molecule has 0 atom stereocenters. The molecule has 9 aromatic rings. The summed E-state index contributed by atoms with van der Waals surface area (Å²) < 4.78 is 18.9. The van der Waals surface area contributed by atoms with Crippen molar-refractivity contribution in [3.8, 4) is 57.3 Å². The molecule has 0 bridgehead atoms. The fourth-order valence-corrected chi connectivity index (χ4v) is 9.14. The van der Waals surface area contributed by atoms with Gasteiger partial charge in [-0.15, -0.1) is 0 Å². The van der Waals surface area contributed by atoms with Crippen LogP contribution in [-0.4, -0.2) is 15.0 Å². The number of hydrogen-bond donors (Lipinski definition) is 0. The standard InChI is InChI=1S/C57H36N6O3/c1-7-19-49-43(13-1)61(44-14-2-8-20-50(44)64-49)40-31-25-37(26-32-40)55-58-56(38-27-33-41(34-28-38)62-45-15-3-9-21-51(45)65-52-22-10-4-16-46(52)62)60-57(59-55)39-29-35-42(36-30-39)63-47-17-5-11-23-53(47)66-54-24-12-6-18-48(54)63/h1-5,7-17,19-27,29-33,35-36H,28,34H2. The second-order valence-corrected chi connectivity index (χ2v) is 16.2. The molecule has 0 saturated heterocycles. The molecular formula is C57H36N6O3. The van der Waals surface area contributed by atoms with Gasteiger partial charge in [0.25, 0.3) is 0 Å². The first-order chi connectivity index (χ1) is 32.7. The lowest BCUT2D eigenvalue weighted by Gasteiger charge is -2.35. The smallest absolute Gasteiger partial charge is 0.164 e. The van der Waals surface area contributed by atoms with Crippen molar-refractivity contribution in [1.29, 1.82) is 0 Å². The number of rotatable bonds is 6. The van der Waals surface area contributed by atoms with Crippen molar-refractivity contribution in [2.75, 3.05) is 14.7 Å². The van der Waals surface area contributed by atoms with E-state index < -0.39 is 0 Å². The first-order valence-corrected chi connectivity index (χ1v) is 21.9. The van der Waals surface area contributed by atoms with Crippen LogP contribution in [0.15, 0.2) is 200 Å². The van der Waals surface area contributed by atoms with Gasteiger partial charge in [0, 0.05) is 28.2 Å². The number of aromatic nitrogens is 3. The Kier molecular flexibility index (Phi) is 8.67. The van der Waals surface area contributed by atoms with E-state index >= 15 is 0 Å². The van der Waals surface area contributed by atoms with Gasteiger partial charge in [-0.1, -0.05) is 72.8 Å². The Labute approximate surface area is 381 Å². The van der Waals surface area contributed by atoms with Crippen LogP contribution in [0.5, 0.6) is 34.5 Å². The maximum Gasteiger partial charge on any atom is 0.164 e. The zero-order valence-electron chi connectivity index (χ0n) is 35.3. The Morgan fingerprint density at radius 2 is 0.803 bits per heavy atom. The number of allylic oxidation sites excluding steroid dienone is 4. The number of fused-ring (bicyclic) bond motifs is 6. The van der Waals surface area contributed by atoms with Crippen LogP contribution in [0.1, 0.15) is 18.7 Å². The maximum atomic E-state index is 6.31. The van der Waals surface area contributed by atoms with E-state index in [9.17, 15) is 0 Å². The van der Waals surface area contributed by atoms with E-state index in [1.165, 1.54) is 0 Å². The SMILES string of the molecule is c1ccc2c(c#1)N(c1ccc(-c3nc(C4=CC=C(N5c6ccccc6Oc6ccccc65)CC4)nc(-c4ccc(N5c6ccccc6Oc6ccccc65)cc4)n3)cc1)c1ccccc1O2. The van der Waals surface area contributed by atoms with Gasteiger partial charge in [0.05, 0.1) is 28.4 Å². The summed E-state index contributed by atoms with van der Waals surface area (Å²) in [5, 5.41) is 0. The third-order valence-electron chi connectivity index (χ3n) is 12.3. The molecule has 0 fully saturated rings. The lowest BCUT2D eigenvalue weighted by molar-refractivity contribution is 0.475. The third kappa shape index (κ3) is 6.31. The van der Waals surface area contributed by atoms with E-state index in [4.69, 9.17) is 29.2 Å². The third-order valence-corrected chi connectivity index (χ3v) is 12.3. The largest absolute Gasteiger partial charge is 0.453 e. The van der Waals surface area contributed by atoms with Crippen molar-refractivity contribution in [1.82, 2.24) is 15.0 Å². The molecule has 1 aromatic heterocycles. The predicted octanol–water partition coefficient (Wildman–Crippen LogP) is 15.0. The molecule has 0 N–H and O–H groups in total.